The first-order chi connectivity index (χ1) is 17.4. The van der Waals surface area contributed by atoms with Crippen LogP contribution >= 0.6 is 0 Å². The molecule has 3 rings (SSSR count). The van der Waals surface area contributed by atoms with Crippen LogP contribution in [0.5, 0.6) is 0 Å². The van der Waals surface area contributed by atoms with Gasteiger partial charge in [0.1, 0.15) is 6.04 Å². The first-order valence-corrected chi connectivity index (χ1v) is 13.4. The van der Waals surface area contributed by atoms with Crippen molar-refractivity contribution >= 4 is 17.7 Å². The number of amides is 1. The molecule has 1 aliphatic rings. The highest BCUT2D eigenvalue weighted by atomic mass is 16.4. The molecular formula is C31H41NO5. The number of carbonyl (C=O) groups is 3. The van der Waals surface area contributed by atoms with Crippen molar-refractivity contribution in [2.75, 3.05) is 7.05 Å². The van der Waals surface area contributed by atoms with E-state index in [2.05, 4.69) is 19.9 Å². The third-order valence-electron chi connectivity index (χ3n) is 8.58. The number of likely N-dealkylation sites (N-methyl/N-ethyl adjacent to an activating group) is 1. The van der Waals surface area contributed by atoms with Crippen molar-refractivity contribution < 1.29 is 24.6 Å². The number of carboxylic acids is 1. The number of rotatable bonds is 10. The Balaban J connectivity index is 1.94. The molecule has 2 N–H and O–H groups in total. The van der Waals surface area contributed by atoms with Crippen LogP contribution < -0.4 is 0 Å². The summed E-state index contributed by atoms with van der Waals surface area (Å²) < 4.78 is 0. The van der Waals surface area contributed by atoms with Gasteiger partial charge in [-0.15, -0.1) is 0 Å². The van der Waals surface area contributed by atoms with Crippen LogP contribution in [0.25, 0.3) is 0 Å². The minimum Gasteiger partial charge on any atom is -0.480 e. The molecule has 1 saturated carbocycles. The van der Waals surface area contributed by atoms with Gasteiger partial charge >= 0.3 is 5.97 Å². The van der Waals surface area contributed by atoms with Crippen LogP contribution in [-0.2, 0) is 10.2 Å². The number of aliphatic hydroxyl groups is 1. The smallest absolute Gasteiger partial charge is 0.326 e. The van der Waals surface area contributed by atoms with E-state index < -0.39 is 17.6 Å². The summed E-state index contributed by atoms with van der Waals surface area (Å²) in [7, 11) is 1.51. The molecule has 0 aromatic heterocycles. The van der Waals surface area contributed by atoms with Gasteiger partial charge in [0.05, 0.1) is 5.60 Å². The molecule has 1 aliphatic carbocycles. The number of aryl methyl sites for hydroxylation is 2. The molecule has 1 fully saturated rings. The summed E-state index contributed by atoms with van der Waals surface area (Å²) in [6.45, 7) is 9.62. The van der Waals surface area contributed by atoms with Crippen LogP contribution in [0.4, 0.5) is 0 Å². The Morgan fingerprint density at radius 3 is 1.86 bits per heavy atom. The maximum atomic E-state index is 13.1. The minimum absolute atomic E-state index is 0.00883. The number of nitrogens with zero attached hydrogens (tertiary/aromatic N) is 1. The molecule has 6 heteroatoms. The average Bonchev–Trinajstić information content (AvgIpc) is 3.29. The van der Waals surface area contributed by atoms with Gasteiger partial charge in [0.2, 0.25) is 0 Å². The topological polar surface area (TPSA) is 94.9 Å². The minimum atomic E-state index is -1.05. The SMILES string of the molecule is CCC(CC)(c1ccc(C(=O)CC2(O)CCCC2)c(C)c1)c1ccc(C(=O)N(C)C(C)C(=O)O)c(C)c1. The average molecular weight is 508 g/mol. The zero-order valence-corrected chi connectivity index (χ0v) is 23.1. The van der Waals surface area contributed by atoms with Crippen molar-refractivity contribution in [3.05, 3.63) is 69.8 Å². The summed E-state index contributed by atoms with van der Waals surface area (Å²) in [6, 6.07) is 10.9. The summed E-state index contributed by atoms with van der Waals surface area (Å²) in [5, 5.41) is 20.0. The standard InChI is InChI=1S/C31H41NO5/c1-7-31(8-2,24-12-14-26(21(4)18-24)28(34)32(6)22(5)29(35)36)23-11-13-25(20(3)17-23)27(33)19-30(37)15-9-10-16-30/h11-14,17-18,22,37H,7-10,15-16,19H2,1-6H3,(H,35,36). The number of carboxylic acid groups (broad SMARTS) is 1. The molecule has 1 atom stereocenters. The van der Waals surface area contributed by atoms with Crippen LogP contribution in [0.15, 0.2) is 36.4 Å². The molecule has 37 heavy (non-hydrogen) atoms. The first kappa shape index (κ1) is 28.6. The molecule has 0 heterocycles. The number of carbonyl (C=O) groups excluding carboxylic acids is 2. The number of ketones is 1. The molecular weight excluding hydrogens is 466 g/mol. The summed E-state index contributed by atoms with van der Waals surface area (Å²) in [6.07, 6.45) is 5.15. The Kier molecular flexibility index (Phi) is 8.63. The van der Waals surface area contributed by atoms with E-state index in [9.17, 15) is 24.6 Å². The van der Waals surface area contributed by atoms with Crippen LogP contribution in [0.1, 0.15) is 109 Å². The van der Waals surface area contributed by atoms with E-state index >= 15 is 0 Å². The van der Waals surface area contributed by atoms with E-state index in [1.807, 2.05) is 38.1 Å². The molecule has 0 bridgehead atoms. The zero-order valence-electron chi connectivity index (χ0n) is 23.1. The van der Waals surface area contributed by atoms with E-state index in [4.69, 9.17) is 0 Å². The van der Waals surface area contributed by atoms with Gasteiger partial charge in [-0.1, -0.05) is 57.0 Å². The molecule has 1 amide bonds. The largest absolute Gasteiger partial charge is 0.480 e. The maximum absolute atomic E-state index is 13.1. The molecule has 1 unspecified atom stereocenters. The van der Waals surface area contributed by atoms with Gasteiger partial charge in [-0.05, 0) is 74.8 Å². The highest BCUT2D eigenvalue weighted by molar-refractivity contribution is 5.98. The first-order valence-electron chi connectivity index (χ1n) is 13.4. The monoisotopic (exact) mass is 507 g/mol. The van der Waals surface area contributed by atoms with Gasteiger partial charge < -0.3 is 15.1 Å². The van der Waals surface area contributed by atoms with Crippen LogP contribution in [0.3, 0.4) is 0 Å². The van der Waals surface area contributed by atoms with E-state index in [0.717, 1.165) is 47.9 Å². The van der Waals surface area contributed by atoms with Gasteiger partial charge in [-0.25, -0.2) is 4.79 Å². The fourth-order valence-electron chi connectivity index (χ4n) is 5.84. The number of hydrogen-bond donors (Lipinski definition) is 2. The van der Waals surface area contributed by atoms with Gasteiger partial charge in [-0.2, -0.15) is 0 Å². The predicted octanol–water partition coefficient (Wildman–Crippen LogP) is 5.83. The maximum Gasteiger partial charge on any atom is 0.326 e. The quantitative estimate of drug-likeness (QED) is 0.395. The Hall–Kier alpha value is -2.99. The highest BCUT2D eigenvalue weighted by Crippen LogP contribution is 2.41. The Morgan fingerprint density at radius 1 is 0.946 bits per heavy atom. The van der Waals surface area contributed by atoms with Crippen LogP contribution in [-0.4, -0.2) is 51.5 Å². The third-order valence-corrected chi connectivity index (χ3v) is 8.58. The second-order valence-corrected chi connectivity index (χ2v) is 10.8. The molecule has 2 aromatic carbocycles. The lowest BCUT2D eigenvalue weighted by atomic mass is 9.69. The number of hydrogen-bond acceptors (Lipinski definition) is 4. The second-order valence-electron chi connectivity index (χ2n) is 10.8. The lowest BCUT2D eigenvalue weighted by Gasteiger charge is -2.34. The second kappa shape index (κ2) is 11.2. The van der Waals surface area contributed by atoms with Gasteiger partial charge in [0, 0.05) is 30.0 Å². The zero-order chi connectivity index (χ0) is 27.5. The fraction of sp³-hybridized carbons (Fsp3) is 0.516. The van der Waals surface area contributed by atoms with E-state index in [1.54, 1.807) is 6.07 Å². The van der Waals surface area contributed by atoms with Crippen molar-refractivity contribution in [2.45, 2.75) is 96.6 Å². The van der Waals surface area contributed by atoms with Crippen LogP contribution in [0, 0.1) is 13.8 Å². The summed E-state index contributed by atoms with van der Waals surface area (Å²) >= 11 is 0. The lowest BCUT2D eigenvalue weighted by Crippen LogP contribution is -2.40. The number of Topliss-reactive ketones (excluding diaryl/α,β-unsaturated/α-hetero) is 1. The number of aliphatic carboxylic acids is 1. The molecule has 0 aliphatic heterocycles. The van der Waals surface area contributed by atoms with Crippen molar-refractivity contribution in [1.82, 2.24) is 4.90 Å². The van der Waals surface area contributed by atoms with Crippen molar-refractivity contribution in [1.29, 1.82) is 0 Å². The van der Waals surface area contributed by atoms with E-state index in [0.29, 0.717) is 24.0 Å². The molecule has 6 nitrogen and oxygen atoms in total. The summed E-state index contributed by atoms with van der Waals surface area (Å²) in [5.41, 5.74) is 3.88. The Labute approximate surface area is 220 Å². The van der Waals surface area contributed by atoms with Crippen molar-refractivity contribution in [3.8, 4) is 0 Å². The normalized spacial score (nSPS) is 15.9. The Bertz CT molecular complexity index is 1170. The molecule has 0 radical (unpaired) electrons. The van der Waals surface area contributed by atoms with Gasteiger partial charge in [0.15, 0.2) is 5.78 Å². The Morgan fingerprint density at radius 2 is 1.43 bits per heavy atom. The van der Waals surface area contributed by atoms with E-state index in [1.165, 1.54) is 18.9 Å². The van der Waals surface area contributed by atoms with Gasteiger partial charge in [-0.3, -0.25) is 9.59 Å². The lowest BCUT2D eigenvalue weighted by molar-refractivity contribution is -0.141. The third kappa shape index (κ3) is 5.64. The van der Waals surface area contributed by atoms with Crippen molar-refractivity contribution in [2.24, 2.45) is 0 Å². The predicted molar refractivity (Wildman–Crippen MR) is 145 cm³/mol. The highest BCUT2D eigenvalue weighted by Gasteiger charge is 2.35. The van der Waals surface area contributed by atoms with Crippen LogP contribution in [0.2, 0.25) is 0 Å². The molecule has 200 valence electrons. The summed E-state index contributed by atoms with van der Waals surface area (Å²) in [4.78, 5) is 38.6. The number of benzene rings is 2. The summed E-state index contributed by atoms with van der Waals surface area (Å²) in [5.74, 6) is -1.37. The molecule has 2 aromatic rings. The molecule has 0 saturated heterocycles. The van der Waals surface area contributed by atoms with E-state index in [-0.39, 0.29) is 23.5 Å². The van der Waals surface area contributed by atoms with Gasteiger partial charge in [0.25, 0.3) is 5.91 Å². The fourth-order valence-corrected chi connectivity index (χ4v) is 5.84. The molecule has 0 spiro atoms. The van der Waals surface area contributed by atoms with Crippen molar-refractivity contribution in [3.63, 3.8) is 0 Å².